The minimum Gasteiger partial charge on any atom is -0.488 e. The van der Waals surface area contributed by atoms with Gasteiger partial charge in [-0.15, -0.1) is 0 Å². The molecule has 0 radical (unpaired) electrons. The summed E-state index contributed by atoms with van der Waals surface area (Å²) in [6.07, 6.45) is 7.91. The lowest BCUT2D eigenvalue weighted by molar-refractivity contribution is 0.293. The monoisotopic (exact) mass is 1430 g/mol. The summed E-state index contributed by atoms with van der Waals surface area (Å²) in [4.78, 5) is 0. The Hall–Kier alpha value is -12.1. The molecule has 0 N–H and O–H groups in total. The lowest BCUT2D eigenvalue weighted by atomic mass is 9.86. The van der Waals surface area contributed by atoms with Crippen LogP contribution < -0.4 is 18.9 Å². The summed E-state index contributed by atoms with van der Waals surface area (Å²) in [5.74, 6) is 2.14. The molecule has 104 heavy (non-hydrogen) atoms. The largest absolute Gasteiger partial charge is 0.488 e. The molecular formula is C92H64Cl4N4O4. The maximum Gasteiger partial charge on any atom is 0.126 e. The van der Waals surface area contributed by atoms with E-state index in [2.05, 4.69) is 24.3 Å². The average molecular weight is 1430 g/mol. The predicted octanol–water partition coefficient (Wildman–Crippen LogP) is 23.5. The molecule has 8 nitrogen and oxygen atoms in total. The van der Waals surface area contributed by atoms with Crippen LogP contribution in [-0.2, 0) is 52.1 Å². The molecule has 1 aliphatic carbocycles. The molecule has 0 fully saturated rings. The summed E-state index contributed by atoms with van der Waals surface area (Å²) < 4.78 is 29.4. The third-order valence-corrected chi connectivity index (χ3v) is 18.9. The van der Waals surface area contributed by atoms with Crippen LogP contribution in [0.15, 0.2) is 267 Å². The molecule has 12 aromatic rings. The minimum absolute atomic E-state index is 0.130. The predicted molar refractivity (Wildman–Crippen MR) is 420 cm³/mol. The van der Waals surface area contributed by atoms with Crippen molar-refractivity contribution in [3.05, 3.63) is 398 Å². The van der Waals surface area contributed by atoms with E-state index < -0.39 is 0 Å². The zero-order valence-corrected chi connectivity index (χ0v) is 59.3. The quantitative estimate of drug-likeness (QED) is 0.0544. The molecule has 0 unspecified atom stereocenters. The Bertz CT molecular complexity index is 4650. The Balaban J connectivity index is 1.17. The SMILES string of the molecule is N#C/C(=C\c1ccc(Cl)cc1)c1cc2c(OCc3ccccc3)c(c1)Cc1cc(/C(C#N)=C/c3ccc(Cl)cc3)cc(c1OCc1ccccc1)Cc1cc(/C(C#N)=C/c3ccc(Cl)cc3)cc(c1OCc1ccccc1)Cc1cc(/C(C#N)=C/c3ccc(Cl)cc3)cc(c1OCc1ccccc1)C2. The molecule has 504 valence electrons. The highest BCUT2D eigenvalue weighted by Crippen LogP contribution is 2.45. The molecule has 12 heteroatoms. The molecule has 0 spiro atoms. The van der Waals surface area contributed by atoms with Crippen molar-refractivity contribution in [2.45, 2.75) is 52.1 Å². The van der Waals surface area contributed by atoms with E-state index >= 15 is 0 Å². The normalized spacial score (nSPS) is 12.2. The lowest BCUT2D eigenvalue weighted by Crippen LogP contribution is -2.11. The molecule has 0 aromatic heterocycles. The van der Waals surface area contributed by atoms with Gasteiger partial charge in [0.1, 0.15) is 49.4 Å². The number of rotatable bonds is 20. The first-order valence-corrected chi connectivity index (χ1v) is 35.2. The second-order valence-corrected chi connectivity index (χ2v) is 26.9. The molecule has 0 amide bonds. The highest BCUT2D eigenvalue weighted by molar-refractivity contribution is 6.31. The van der Waals surface area contributed by atoms with Crippen molar-refractivity contribution in [3.63, 3.8) is 0 Å². The van der Waals surface area contributed by atoms with Crippen molar-refractivity contribution < 1.29 is 18.9 Å². The Kier molecular flexibility index (Phi) is 22.7. The second kappa shape index (κ2) is 33.6. The lowest BCUT2D eigenvalue weighted by Gasteiger charge is -2.25. The molecule has 0 saturated heterocycles. The first-order chi connectivity index (χ1) is 50.9. The van der Waals surface area contributed by atoms with Gasteiger partial charge in [-0.1, -0.05) is 216 Å². The van der Waals surface area contributed by atoms with E-state index in [0.717, 1.165) is 44.5 Å². The first-order valence-electron chi connectivity index (χ1n) is 33.7. The molecule has 0 atom stereocenters. The molecule has 1 aliphatic rings. The summed E-state index contributed by atoms with van der Waals surface area (Å²) in [6.45, 7) is 0.619. The first kappa shape index (κ1) is 70.4. The standard InChI is InChI=1S/C92H64Cl4N4O4/c93-85-29-21-61(22-30-85)37-81(53-97)69-41-73-49-75-43-70(82(54-98)38-62-23-31-86(94)32-24-62)45-77(90(75)102-58-66-15-7-2-8-16-66)51-79-47-72(84(56-100)40-64-27-35-88(96)36-28-64)48-80(92(79)104-60-68-19-11-4-12-20-68)52-78-46-71(83(55-99)39-63-25-33-87(95)34-26-63)44-76(91(78)103-59-67-17-9-3-10-18-67)50-74(42-69)89(73)101-57-65-13-5-1-6-14-65/h1-48H,49-52,57-60H2/b81-37+,82-38+,83-39+,84-40+. The molecule has 0 saturated carbocycles. The third-order valence-electron chi connectivity index (χ3n) is 17.8. The van der Waals surface area contributed by atoms with E-state index in [9.17, 15) is 21.0 Å². The molecule has 13 rings (SSSR count). The van der Waals surface area contributed by atoms with Gasteiger partial charge >= 0.3 is 0 Å². The van der Waals surface area contributed by atoms with Crippen molar-refractivity contribution in [1.82, 2.24) is 0 Å². The number of allylic oxidation sites excluding steroid dienone is 4. The van der Waals surface area contributed by atoms with E-state index in [0.29, 0.717) is 132 Å². The molecule has 0 heterocycles. The van der Waals surface area contributed by atoms with Gasteiger partial charge in [-0.3, -0.25) is 0 Å². The maximum absolute atomic E-state index is 11.5. The van der Waals surface area contributed by atoms with E-state index in [1.54, 1.807) is 48.5 Å². The highest BCUT2D eigenvalue weighted by atomic mass is 35.5. The van der Waals surface area contributed by atoms with Crippen LogP contribution in [0.5, 0.6) is 23.0 Å². The zero-order valence-electron chi connectivity index (χ0n) is 56.3. The average Bonchev–Trinajstić information content (AvgIpc) is 0.763. The number of benzene rings is 12. The Morgan fingerprint density at radius 1 is 0.260 bits per heavy atom. The Morgan fingerprint density at radius 3 is 0.596 bits per heavy atom. The van der Waals surface area contributed by atoms with Gasteiger partial charge in [-0.25, -0.2) is 0 Å². The number of halogens is 4. The zero-order chi connectivity index (χ0) is 71.7. The van der Waals surface area contributed by atoms with Crippen LogP contribution in [0.4, 0.5) is 0 Å². The van der Waals surface area contributed by atoms with Crippen LogP contribution in [0.1, 0.15) is 111 Å². The van der Waals surface area contributed by atoms with Crippen molar-refractivity contribution >= 4 is 93.0 Å². The number of hydrogen-bond acceptors (Lipinski definition) is 8. The Labute approximate surface area is 626 Å². The summed E-state index contributed by atoms with van der Waals surface area (Å²) >= 11 is 25.9. The van der Waals surface area contributed by atoms with Crippen molar-refractivity contribution in [1.29, 1.82) is 21.0 Å². The van der Waals surface area contributed by atoms with Crippen LogP contribution in [0, 0.1) is 45.3 Å². The fourth-order valence-electron chi connectivity index (χ4n) is 12.8. The third kappa shape index (κ3) is 17.8. The van der Waals surface area contributed by atoms with Gasteiger partial charge in [-0.05, 0) is 233 Å². The van der Waals surface area contributed by atoms with Crippen LogP contribution in [-0.4, -0.2) is 0 Å². The second-order valence-electron chi connectivity index (χ2n) is 25.2. The van der Waals surface area contributed by atoms with Crippen LogP contribution in [0.25, 0.3) is 46.6 Å². The summed E-state index contributed by atoms with van der Waals surface area (Å²) in [6, 6.07) is 95.5. The maximum atomic E-state index is 11.5. The van der Waals surface area contributed by atoms with Crippen LogP contribution in [0.3, 0.4) is 0 Å². The minimum atomic E-state index is 0.130. The molecule has 8 bridgehead atoms. The molecule has 12 aromatic carbocycles. The fourth-order valence-corrected chi connectivity index (χ4v) is 13.3. The fraction of sp³-hybridized carbons (Fsp3) is 0.0870. The molecular weight excluding hydrogens is 1370 g/mol. The molecule has 0 aliphatic heterocycles. The van der Waals surface area contributed by atoms with Gasteiger partial charge < -0.3 is 18.9 Å². The summed E-state index contributed by atoms with van der Waals surface area (Å²) in [5.41, 5.74) is 16.0. The van der Waals surface area contributed by atoms with Gasteiger partial charge in [0.15, 0.2) is 0 Å². The smallest absolute Gasteiger partial charge is 0.126 e. The highest BCUT2D eigenvalue weighted by Gasteiger charge is 2.27. The van der Waals surface area contributed by atoms with Gasteiger partial charge in [0, 0.05) is 45.8 Å². The number of nitrogens with zero attached hydrogens (tertiary/aromatic N) is 4. The van der Waals surface area contributed by atoms with Gasteiger partial charge in [-0.2, -0.15) is 21.0 Å². The van der Waals surface area contributed by atoms with E-state index in [-0.39, 0.29) is 52.1 Å². The number of hydrogen-bond donors (Lipinski definition) is 0. The number of nitriles is 4. The van der Waals surface area contributed by atoms with Crippen molar-refractivity contribution in [2.24, 2.45) is 0 Å². The van der Waals surface area contributed by atoms with Crippen LogP contribution in [0.2, 0.25) is 20.1 Å². The number of ether oxygens (including phenoxy) is 4. The van der Waals surface area contributed by atoms with E-state index in [4.69, 9.17) is 65.4 Å². The Morgan fingerprint density at radius 2 is 0.433 bits per heavy atom. The topological polar surface area (TPSA) is 132 Å². The van der Waals surface area contributed by atoms with E-state index in [1.165, 1.54) is 0 Å². The number of fused-ring (bicyclic) bond motifs is 8. The van der Waals surface area contributed by atoms with Crippen molar-refractivity contribution in [3.8, 4) is 47.3 Å². The summed E-state index contributed by atoms with van der Waals surface area (Å²) in [7, 11) is 0. The van der Waals surface area contributed by atoms with Gasteiger partial charge in [0.2, 0.25) is 0 Å². The van der Waals surface area contributed by atoms with Gasteiger partial charge in [0.05, 0.1) is 46.6 Å². The van der Waals surface area contributed by atoms with Crippen LogP contribution >= 0.6 is 46.4 Å². The van der Waals surface area contributed by atoms with E-state index in [1.807, 2.05) is 243 Å². The summed E-state index contributed by atoms with van der Waals surface area (Å²) in [5, 5.41) is 48.3. The van der Waals surface area contributed by atoms with Gasteiger partial charge in [0.25, 0.3) is 0 Å². The van der Waals surface area contributed by atoms with Crippen molar-refractivity contribution in [2.75, 3.05) is 0 Å².